The van der Waals surface area contributed by atoms with Gasteiger partial charge in [-0.1, -0.05) is 0 Å². The first-order valence-electron chi connectivity index (χ1n) is 6.04. The van der Waals surface area contributed by atoms with E-state index in [4.69, 9.17) is 16.0 Å². The van der Waals surface area contributed by atoms with E-state index in [0.29, 0.717) is 24.7 Å². The number of alkyl halides is 1. The molecule has 0 aliphatic rings. The molecule has 0 fully saturated rings. The average Bonchev–Trinajstić information content (AvgIpc) is 2.96. The highest BCUT2D eigenvalue weighted by molar-refractivity contribution is 6.17. The second-order valence-electron chi connectivity index (χ2n) is 4.28. The summed E-state index contributed by atoms with van der Waals surface area (Å²) in [6, 6.07) is 1.94. The highest BCUT2D eigenvalue weighted by atomic mass is 35.5. The molecule has 0 spiro atoms. The fraction of sp³-hybridized carbons (Fsp3) is 0.308. The maximum absolute atomic E-state index is 5.83. The van der Waals surface area contributed by atoms with Gasteiger partial charge in [-0.25, -0.2) is 9.97 Å². The first-order chi connectivity index (χ1) is 9.28. The topological polar surface area (TPSA) is 56.7 Å². The predicted octanol–water partition coefficient (Wildman–Crippen LogP) is 2.56. The van der Waals surface area contributed by atoms with Gasteiger partial charge in [0.2, 0.25) is 5.89 Å². The number of rotatable bonds is 4. The molecule has 0 aromatic carbocycles. The number of aromatic nitrogens is 4. The molecule has 0 aliphatic heterocycles. The van der Waals surface area contributed by atoms with E-state index in [0.717, 1.165) is 22.6 Å². The van der Waals surface area contributed by atoms with Gasteiger partial charge < -0.3 is 8.98 Å². The lowest BCUT2D eigenvalue weighted by Crippen LogP contribution is -2.06. The molecule has 0 unspecified atom stereocenters. The molecule has 0 radical (unpaired) electrons. The lowest BCUT2D eigenvalue weighted by Gasteiger charge is -2.05. The number of hydrogen-bond donors (Lipinski definition) is 0. The van der Waals surface area contributed by atoms with E-state index in [1.54, 1.807) is 18.6 Å². The van der Waals surface area contributed by atoms with Crippen molar-refractivity contribution >= 4 is 22.6 Å². The monoisotopic (exact) mass is 276 g/mol. The molecular weight excluding hydrogens is 264 g/mol. The van der Waals surface area contributed by atoms with E-state index >= 15 is 0 Å². The molecule has 6 heteroatoms. The Morgan fingerprint density at radius 3 is 3.00 bits per heavy atom. The van der Waals surface area contributed by atoms with E-state index in [-0.39, 0.29) is 0 Å². The highest BCUT2D eigenvalue weighted by Gasteiger charge is 2.12. The number of imidazole rings is 1. The minimum Gasteiger partial charge on any atom is -0.444 e. The van der Waals surface area contributed by atoms with Crippen molar-refractivity contribution in [2.24, 2.45) is 0 Å². The minimum atomic E-state index is 0.529. The van der Waals surface area contributed by atoms with E-state index < -0.39 is 0 Å². The Labute approximate surface area is 115 Å². The van der Waals surface area contributed by atoms with Crippen molar-refractivity contribution in [3.63, 3.8) is 0 Å². The summed E-state index contributed by atoms with van der Waals surface area (Å²) in [5.74, 6) is 2.93. The molecule has 19 heavy (non-hydrogen) atoms. The van der Waals surface area contributed by atoms with Crippen LogP contribution in [0.15, 0.2) is 29.1 Å². The summed E-state index contributed by atoms with van der Waals surface area (Å²) in [6.07, 6.45) is 5.93. The van der Waals surface area contributed by atoms with Gasteiger partial charge in [0, 0.05) is 18.5 Å². The molecule has 98 valence electrons. The summed E-state index contributed by atoms with van der Waals surface area (Å²) in [5.41, 5.74) is 1.89. The van der Waals surface area contributed by atoms with Gasteiger partial charge >= 0.3 is 0 Å². The number of nitrogens with zero attached hydrogens (tertiary/aromatic N) is 4. The van der Waals surface area contributed by atoms with Gasteiger partial charge in [-0.3, -0.25) is 4.98 Å². The number of oxazole rings is 1. The van der Waals surface area contributed by atoms with Crippen LogP contribution in [0.4, 0.5) is 0 Å². The number of pyridine rings is 1. The minimum absolute atomic E-state index is 0.529. The summed E-state index contributed by atoms with van der Waals surface area (Å²) in [5, 5.41) is 0. The molecule has 0 amide bonds. The third-order valence-electron chi connectivity index (χ3n) is 2.91. The Morgan fingerprint density at radius 1 is 1.37 bits per heavy atom. The summed E-state index contributed by atoms with van der Waals surface area (Å²) >= 11 is 5.83. The molecule has 0 aliphatic carbocycles. The van der Waals surface area contributed by atoms with Crippen LogP contribution < -0.4 is 0 Å². The highest BCUT2D eigenvalue weighted by Crippen LogP contribution is 2.17. The summed E-state index contributed by atoms with van der Waals surface area (Å²) in [4.78, 5) is 12.9. The van der Waals surface area contributed by atoms with Crippen molar-refractivity contribution in [1.82, 2.24) is 19.5 Å². The maximum Gasteiger partial charge on any atom is 0.214 e. The summed E-state index contributed by atoms with van der Waals surface area (Å²) in [6.45, 7) is 2.44. The van der Waals surface area contributed by atoms with E-state index in [2.05, 4.69) is 19.5 Å². The molecule has 3 rings (SSSR count). The van der Waals surface area contributed by atoms with Crippen LogP contribution in [0.5, 0.6) is 0 Å². The summed E-state index contributed by atoms with van der Waals surface area (Å²) < 4.78 is 7.60. The zero-order valence-corrected chi connectivity index (χ0v) is 11.3. The smallest absolute Gasteiger partial charge is 0.214 e. The number of hydrogen-bond acceptors (Lipinski definition) is 4. The molecule has 0 N–H and O–H groups in total. The van der Waals surface area contributed by atoms with Gasteiger partial charge in [0.1, 0.15) is 23.6 Å². The van der Waals surface area contributed by atoms with Gasteiger partial charge in [-0.15, -0.1) is 11.6 Å². The molecule has 0 saturated heterocycles. The van der Waals surface area contributed by atoms with Gasteiger partial charge in [0.15, 0.2) is 0 Å². The Kier molecular flexibility index (Phi) is 3.21. The zero-order valence-electron chi connectivity index (χ0n) is 10.5. The van der Waals surface area contributed by atoms with Gasteiger partial charge in [-0.2, -0.15) is 0 Å². The summed E-state index contributed by atoms with van der Waals surface area (Å²) in [7, 11) is 0. The van der Waals surface area contributed by atoms with Crippen molar-refractivity contribution < 1.29 is 4.42 Å². The average molecular weight is 277 g/mol. The SMILES string of the molecule is Cc1cnc(Cn2c(CCCl)nc3cnccc32)o1. The Balaban J connectivity index is 2.06. The quantitative estimate of drug-likeness (QED) is 0.687. The molecule has 3 aromatic heterocycles. The van der Waals surface area contributed by atoms with Crippen molar-refractivity contribution in [1.29, 1.82) is 0 Å². The third-order valence-corrected chi connectivity index (χ3v) is 3.10. The number of halogens is 1. The van der Waals surface area contributed by atoms with Crippen LogP contribution in [0.25, 0.3) is 11.0 Å². The van der Waals surface area contributed by atoms with Crippen LogP contribution in [0.3, 0.4) is 0 Å². The first-order valence-corrected chi connectivity index (χ1v) is 6.58. The number of aryl methyl sites for hydroxylation is 2. The predicted molar refractivity (Wildman–Crippen MR) is 72.3 cm³/mol. The maximum atomic E-state index is 5.83. The van der Waals surface area contributed by atoms with Crippen molar-refractivity contribution in [3.05, 3.63) is 42.1 Å². The van der Waals surface area contributed by atoms with Crippen LogP contribution in [-0.4, -0.2) is 25.4 Å². The van der Waals surface area contributed by atoms with Crippen LogP contribution >= 0.6 is 11.6 Å². The lowest BCUT2D eigenvalue weighted by molar-refractivity contribution is 0.456. The van der Waals surface area contributed by atoms with Crippen LogP contribution in [0.1, 0.15) is 17.5 Å². The molecular formula is C13H13ClN4O. The van der Waals surface area contributed by atoms with Gasteiger partial charge in [0.05, 0.1) is 17.9 Å². The van der Waals surface area contributed by atoms with Crippen LogP contribution in [0, 0.1) is 6.92 Å². The normalized spacial score (nSPS) is 11.3. The Hall–Kier alpha value is -1.88. The van der Waals surface area contributed by atoms with Gasteiger partial charge in [0.25, 0.3) is 0 Å². The largest absolute Gasteiger partial charge is 0.444 e. The van der Waals surface area contributed by atoms with Crippen LogP contribution in [0.2, 0.25) is 0 Å². The molecule has 3 aromatic rings. The van der Waals surface area contributed by atoms with E-state index in [1.807, 2.05) is 13.0 Å². The fourth-order valence-electron chi connectivity index (χ4n) is 2.09. The lowest BCUT2D eigenvalue weighted by atomic mass is 10.4. The Morgan fingerprint density at radius 2 is 2.26 bits per heavy atom. The number of fused-ring (bicyclic) bond motifs is 1. The standard InChI is InChI=1S/C13H13ClN4O/c1-9-6-16-13(19-9)8-18-11-3-5-15-7-10(11)17-12(18)2-4-14/h3,5-7H,2,4,8H2,1H3. The molecule has 3 heterocycles. The second kappa shape index (κ2) is 5.01. The Bertz CT molecular complexity index is 704. The second-order valence-corrected chi connectivity index (χ2v) is 4.66. The molecule has 0 saturated carbocycles. The van der Waals surface area contributed by atoms with E-state index in [9.17, 15) is 0 Å². The zero-order chi connectivity index (χ0) is 13.2. The molecule has 0 bridgehead atoms. The molecule has 0 atom stereocenters. The third kappa shape index (κ3) is 2.33. The fourth-order valence-corrected chi connectivity index (χ4v) is 2.26. The van der Waals surface area contributed by atoms with Crippen LogP contribution in [-0.2, 0) is 13.0 Å². The van der Waals surface area contributed by atoms with Gasteiger partial charge in [-0.05, 0) is 13.0 Å². The van der Waals surface area contributed by atoms with E-state index in [1.165, 1.54) is 0 Å². The molecule has 5 nitrogen and oxygen atoms in total. The van der Waals surface area contributed by atoms with Crippen molar-refractivity contribution in [2.75, 3.05) is 5.88 Å². The first kappa shape index (κ1) is 12.2. The van der Waals surface area contributed by atoms with Crippen molar-refractivity contribution in [3.8, 4) is 0 Å². The van der Waals surface area contributed by atoms with Crippen molar-refractivity contribution in [2.45, 2.75) is 19.9 Å².